The lowest BCUT2D eigenvalue weighted by molar-refractivity contribution is -0.119. The number of nitrogens with zero attached hydrogens (tertiary/aromatic N) is 3. The van der Waals surface area contributed by atoms with Gasteiger partial charge in [-0.05, 0) is 55.0 Å². The van der Waals surface area contributed by atoms with E-state index in [1.54, 1.807) is 25.3 Å². The van der Waals surface area contributed by atoms with Crippen molar-refractivity contribution in [2.24, 2.45) is 14.1 Å². The highest BCUT2D eigenvalue weighted by Crippen LogP contribution is 2.41. The molecule has 0 saturated carbocycles. The first-order chi connectivity index (χ1) is 22.1. The number of fused-ring (bicyclic) bond motifs is 1. The van der Waals surface area contributed by atoms with Crippen LogP contribution >= 0.6 is 0 Å². The fourth-order valence-electron chi connectivity index (χ4n) is 6.41. The van der Waals surface area contributed by atoms with Gasteiger partial charge in [-0.3, -0.25) is 19.0 Å². The zero-order valence-electron chi connectivity index (χ0n) is 26.1. The SMILES string of the molecule is COc1nc(-c2cccc(-c3cccc(NC(=O)c4cn(C)c(=O)n(C)c4=O)c3F)c2C)cc2c1[C@H](NC[C@@H]1CCC(=O)N1)CC2. The van der Waals surface area contributed by atoms with Crippen molar-refractivity contribution in [1.29, 1.82) is 0 Å². The molecule has 4 aromatic rings. The molecule has 0 bridgehead atoms. The molecule has 2 aromatic heterocycles. The van der Waals surface area contributed by atoms with Gasteiger partial charge in [-0.1, -0.05) is 30.3 Å². The number of methoxy groups -OCH3 is 1. The summed E-state index contributed by atoms with van der Waals surface area (Å²) in [5.74, 6) is -0.870. The third kappa shape index (κ3) is 5.60. The predicted octanol–water partition coefficient (Wildman–Crippen LogP) is 3.38. The van der Waals surface area contributed by atoms with Crippen LogP contribution < -0.4 is 31.9 Å². The third-order valence-electron chi connectivity index (χ3n) is 8.89. The van der Waals surface area contributed by atoms with E-state index in [4.69, 9.17) is 9.72 Å². The van der Waals surface area contributed by atoms with E-state index in [2.05, 4.69) is 22.0 Å². The van der Waals surface area contributed by atoms with E-state index in [9.17, 15) is 19.2 Å². The maximum Gasteiger partial charge on any atom is 0.330 e. The second-order valence-electron chi connectivity index (χ2n) is 11.8. The molecule has 2 atom stereocenters. The molecule has 1 aliphatic heterocycles. The van der Waals surface area contributed by atoms with Crippen LogP contribution in [0, 0.1) is 12.7 Å². The van der Waals surface area contributed by atoms with E-state index in [0.717, 1.165) is 56.8 Å². The number of nitrogens with one attached hydrogen (secondary N) is 3. The minimum Gasteiger partial charge on any atom is -0.481 e. The van der Waals surface area contributed by atoms with Gasteiger partial charge in [0.15, 0.2) is 5.82 Å². The van der Waals surface area contributed by atoms with Gasteiger partial charge in [0.25, 0.3) is 11.5 Å². The Labute approximate surface area is 264 Å². The summed E-state index contributed by atoms with van der Waals surface area (Å²) >= 11 is 0. The number of pyridine rings is 1. The first-order valence-electron chi connectivity index (χ1n) is 15.1. The molecule has 46 heavy (non-hydrogen) atoms. The molecule has 0 spiro atoms. The molecule has 2 aliphatic rings. The molecule has 2 aromatic carbocycles. The summed E-state index contributed by atoms with van der Waals surface area (Å²) in [5, 5.41) is 9.08. The van der Waals surface area contributed by atoms with E-state index >= 15 is 4.39 Å². The van der Waals surface area contributed by atoms with Crippen LogP contribution in [0.1, 0.15) is 52.4 Å². The van der Waals surface area contributed by atoms with Crippen molar-refractivity contribution in [2.75, 3.05) is 19.0 Å². The Hall–Kier alpha value is -5.10. The number of aromatic nitrogens is 3. The van der Waals surface area contributed by atoms with Gasteiger partial charge in [0.2, 0.25) is 11.8 Å². The first-order valence-corrected chi connectivity index (χ1v) is 15.1. The van der Waals surface area contributed by atoms with Crippen molar-refractivity contribution < 1.29 is 18.7 Å². The zero-order valence-corrected chi connectivity index (χ0v) is 26.1. The molecular weight excluding hydrogens is 591 g/mol. The molecule has 1 saturated heterocycles. The summed E-state index contributed by atoms with van der Waals surface area (Å²) in [6, 6.07) is 12.5. The van der Waals surface area contributed by atoms with Gasteiger partial charge in [-0.2, -0.15) is 0 Å². The van der Waals surface area contributed by atoms with Crippen molar-refractivity contribution in [3.63, 3.8) is 0 Å². The molecule has 0 unspecified atom stereocenters. The minimum absolute atomic E-state index is 0.0597. The van der Waals surface area contributed by atoms with Gasteiger partial charge >= 0.3 is 5.69 Å². The van der Waals surface area contributed by atoms with Crippen molar-refractivity contribution in [3.05, 3.63) is 97.6 Å². The summed E-state index contributed by atoms with van der Waals surface area (Å²) < 4.78 is 23.7. The Morgan fingerprint density at radius 1 is 1.07 bits per heavy atom. The third-order valence-corrected chi connectivity index (χ3v) is 8.89. The van der Waals surface area contributed by atoms with Crippen molar-refractivity contribution >= 4 is 17.5 Å². The molecule has 12 heteroatoms. The van der Waals surface area contributed by atoms with Gasteiger partial charge in [0.1, 0.15) is 5.56 Å². The number of carbonyl (C=O) groups is 2. The number of amides is 2. The molecule has 3 N–H and O–H groups in total. The topological polar surface area (TPSA) is 136 Å². The molecule has 238 valence electrons. The molecule has 1 aliphatic carbocycles. The highest BCUT2D eigenvalue weighted by Gasteiger charge is 2.30. The Balaban J connectivity index is 1.29. The molecule has 6 rings (SSSR count). The number of aryl methyl sites for hydroxylation is 2. The van der Waals surface area contributed by atoms with Crippen LogP contribution in [0.2, 0.25) is 0 Å². The van der Waals surface area contributed by atoms with Gasteiger partial charge in [0.05, 0.1) is 18.5 Å². The standard InChI is InChI=1S/C34H35FN6O5/c1-18-21(23-9-6-10-26(30(23)35)38-31(43)24-17-40(2)34(45)41(3)33(24)44)7-5-8-22(18)27-15-19-11-13-25(29(19)32(39-27)46-4)36-16-20-12-14-28(42)37-20/h5-10,15,17,20,25,36H,11-14,16H2,1-4H3,(H,37,42)(H,38,43)/t20-,25+/m0/s1. The second kappa shape index (κ2) is 12.4. The Bertz CT molecular complexity index is 2000. The molecule has 1 fully saturated rings. The molecule has 0 radical (unpaired) electrons. The van der Waals surface area contributed by atoms with Gasteiger partial charge < -0.3 is 25.3 Å². The number of rotatable bonds is 8. The summed E-state index contributed by atoms with van der Waals surface area (Å²) in [7, 11) is 4.30. The van der Waals surface area contributed by atoms with E-state index in [-0.39, 0.29) is 34.8 Å². The van der Waals surface area contributed by atoms with Crippen LogP contribution in [-0.4, -0.2) is 45.6 Å². The van der Waals surface area contributed by atoms with Crippen molar-refractivity contribution in [3.8, 4) is 28.3 Å². The fraction of sp³-hybridized carbons (Fsp3) is 0.324. The molecular formula is C34H35FN6O5. The lowest BCUT2D eigenvalue weighted by Gasteiger charge is -2.20. The summed E-state index contributed by atoms with van der Waals surface area (Å²) in [6.07, 6.45) is 4.23. The van der Waals surface area contributed by atoms with Crippen LogP contribution in [0.3, 0.4) is 0 Å². The van der Waals surface area contributed by atoms with Crippen LogP contribution in [-0.2, 0) is 25.3 Å². The maximum atomic E-state index is 16.0. The van der Waals surface area contributed by atoms with Crippen LogP contribution in [0.4, 0.5) is 10.1 Å². The van der Waals surface area contributed by atoms with Crippen LogP contribution in [0.15, 0.2) is 58.3 Å². The second-order valence-corrected chi connectivity index (χ2v) is 11.8. The molecule has 2 amide bonds. The van der Waals surface area contributed by atoms with Gasteiger partial charge in [-0.15, -0.1) is 0 Å². The highest BCUT2D eigenvalue weighted by atomic mass is 19.1. The maximum absolute atomic E-state index is 16.0. The van der Waals surface area contributed by atoms with Crippen molar-refractivity contribution in [2.45, 2.75) is 44.7 Å². The number of hydrogen-bond acceptors (Lipinski definition) is 7. The van der Waals surface area contributed by atoms with Crippen LogP contribution in [0.5, 0.6) is 5.88 Å². The monoisotopic (exact) mass is 626 g/mol. The van der Waals surface area contributed by atoms with E-state index in [0.29, 0.717) is 30.1 Å². The van der Waals surface area contributed by atoms with E-state index in [1.165, 1.54) is 20.2 Å². The van der Waals surface area contributed by atoms with Crippen molar-refractivity contribution in [1.82, 2.24) is 24.8 Å². The average molecular weight is 627 g/mol. The number of ether oxygens (including phenoxy) is 1. The number of benzene rings is 2. The van der Waals surface area contributed by atoms with Crippen LogP contribution in [0.25, 0.3) is 22.4 Å². The zero-order chi connectivity index (χ0) is 32.7. The van der Waals surface area contributed by atoms with E-state index in [1.807, 2.05) is 19.1 Å². The largest absolute Gasteiger partial charge is 0.481 e. The first kappa shape index (κ1) is 30.9. The number of halogens is 1. The average Bonchev–Trinajstić information content (AvgIpc) is 3.66. The fourth-order valence-corrected chi connectivity index (χ4v) is 6.41. The number of carbonyl (C=O) groups excluding carboxylic acids is 2. The summed E-state index contributed by atoms with van der Waals surface area (Å²) in [6.45, 7) is 2.57. The summed E-state index contributed by atoms with van der Waals surface area (Å²) in [4.78, 5) is 54.1. The lowest BCUT2D eigenvalue weighted by atomic mass is 9.93. The number of hydrogen-bond donors (Lipinski definition) is 3. The summed E-state index contributed by atoms with van der Waals surface area (Å²) in [5.41, 5.74) is 3.59. The van der Waals surface area contributed by atoms with Gasteiger partial charge in [-0.25, -0.2) is 14.2 Å². The minimum atomic E-state index is -0.826. The lowest BCUT2D eigenvalue weighted by Crippen LogP contribution is -2.40. The number of anilines is 1. The van der Waals surface area contributed by atoms with Gasteiger partial charge in [0, 0.05) is 62.0 Å². The van der Waals surface area contributed by atoms with E-state index < -0.39 is 23.0 Å². The smallest absolute Gasteiger partial charge is 0.330 e. The predicted molar refractivity (Wildman–Crippen MR) is 171 cm³/mol. The Morgan fingerprint density at radius 3 is 2.54 bits per heavy atom. The quantitative estimate of drug-likeness (QED) is 0.273. The normalized spacial score (nSPS) is 17.1. The highest BCUT2D eigenvalue weighted by molar-refractivity contribution is 6.04. The Morgan fingerprint density at radius 2 is 1.80 bits per heavy atom. The molecule has 11 nitrogen and oxygen atoms in total. The molecule has 3 heterocycles. The Kier molecular flexibility index (Phi) is 8.30.